The lowest BCUT2D eigenvalue weighted by Crippen LogP contribution is -2.34. The van der Waals surface area contributed by atoms with E-state index in [2.05, 4.69) is 18.0 Å². The Morgan fingerprint density at radius 3 is 2.56 bits per heavy atom. The van der Waals surface area contributed by atoms with E-state index in [9.17, 15) is 4.79 Å². The number of pyridine rings is 1. The molecule has 3 rings (SSSR count). The minimum Gasteiger partial charge on any atom is -0.456 e. The van der Waals surface area contributed by atoms with Crippen molar-refractivity contribution in [2.24, 2.45) is 0 Å². The summed E-state index contributed by atoms with van der Waals surface area (Å²) < 4.78 is 11.2. The van der Waals surface area contributed by atoms with Crippen LogP contribution < -0.4 is 4.90 Å². The molecule has 0 unspecified atom stereocenters. The molecule has 0 atom stereocenters. The fourth-order valence-electron chi connectivity index (χ4n) is 2.46. The van der Waals surface area contributed by atoms with Gasteiger partial charge in [0.25, 0.3) is 0 Å². The second-order valence-corrected chi connectivity index (χ2v) is 7.10. The van der Waals surface area contributed by atoms with Crippen LogP contribution in [0, 0.1) is 6.92 Å². The van der Waals surface area contributed by atoms with Gasteiger partial charge in [-0.3, -0.25) is 4.90 Å². The molecule has 0 radical (unpaired) electrons. The number of aromatic nitrogens is 1. The minimum atomic E-state index is -0.544. The number of benzene rings is 1. The quantitative estimate of drug-likeness (QED) is 0.646. The zero-order valence-electron chi connectivity index (χ0n) is 15.2. The summed E-state index contributed by atoms with van der Waals surface area (Å²) in [5.41, 5.74) is 2.34. The second kappa shape index (κ2) is 6.24. The number of fused-ring (bicyclic) bond motifs is 1. The van der Waals surface area contributed by atoms with Crippen molar-refractivity contribution < 1.29 is 13.9 Å². The van der Waals surface area contributed by atoms with Gasteiger partial charge in [-0.25, -0.2) is 9.78 Å². The Labute approximate surface area is 147 Å². The van der Waals surface area contributed by atoms with E-state index >= 15 is 0 Å². The molecule has 0 fully saturated rings. The van der Waals surface area contributed by atoms with Gasteiger partial charge < -0.3 is 9.15 Å². The third kappa shape index (κ3) is 3.82. The summed E-state index contributed by atoms with van der Waals surface area (Å²) in [6.07, 6.45) is 1.26. The Morgan fingerprint density at radius 1 is 1.16 bits per heavy atom. The first kappa shape index (κ1) is 17.0. The molecule has 0 saturated carbocycles. The van der Waals surface area contributed by atoms with Crippen LogP contribution in [-0.4, -0.2) is 23.7 Å². The molecule has 1 aromatic carbocycles. The summed E-state index contributed by atoms with van der Waals surface area (Å²) >= 11 is 0. The van der Waals surface area contributed by atoms with E-state index in [-0.39, 0.29) is 0 Å². The van der Waals surface area contributed by atoms with E-state index in [1.165, 1.54) is 10.5 Å². The highest BCUT2D eigenvalue weighted by Crippen LogP contribution is 2.29. The molecule has 0 bridgehead atoms. The number of amides is 1. The molecular formula is C20H22N2O3. The van der Waals surface area contributed by atoms with Crippen molar-refractivity contribution in [1.82, 2.24) is 4.98 Å². The van der Waals surface area contributed by atoms with Gasteiger partial charge in [0.05, 0.1) is 0 Å². The zero-order chi connectivity index (χ0) is 18.2. The largest absolute Gasteiger partial charge is 0.456 e. The molecule has 1 amide bonds. The molecule has 25 heavy (non-hydrogen) atoms. The number of hydrogen-bond acceptors (Lipinski definition) is 4. The summed E-state index contributed by atoms with van der Waals surface area (Å²) in [5, 5.41) is 1.06. The third-order valence-corrected chi connectivity index (χ3v) is 3.72. The van der Waals surface area contributed by atoms with E-state index in [0.717, 1.165) is 22.3 Å². The standard InChI is InChI=1S/C20H22N2O3/c1-13-6-8-16-15(10-13)11-17(24-16)14-7-9-18(21-12-14)22(5)19(23)25-20(2,3)4/h6-12H,1-5H3. The van der Waals surface area contributed by atoms with Crippen LogP contribution in [0.5, 0.6) is 0 Å². The van der Waals surface area contributed by atoms with E-state index in [0.29, 0.717) is 5.82 Å². The van der Waals surface area contributed by atoms with Gasteiger partial charge in [-0.05, 0) is 58.0 Å². The molecule has 5 nitrogen and oxygen atoms in total. The summed E-state index contributed by atoms with van der Waals surface area (Å²) in [7, 11) is 1.64. The molecule has 130 valence electrons. The van der Waals surface area contributed by atoms with Crippen molar-refractivity contribution in [3.05, 3.63) is 48.2 Å². The fraction of sp³-hybridized carbons (Fsp3) is 0.300. The topological polar surface area (TPSA) is 55.6 Å². The van der Waals surface area contributed by atoms with E-state index in [1.54, 1.807) is 19.3 Å². The fourth-order valence-corrected chi connectivity index (χ4v) is 2.46. The first-order chi connectivity index (χ1) is 11.7. The van der Waals surface area contributed by atoms with Crippen molar-refractivity contribution >= 4 is 22.9 Å². The van der Waals surface area contributed by atoms with Crippen molar-refractivity contribution in [2.75, 3.05) is 11.9 Å². The average Bonchev–Trinajstić information content (AvgIpc) is 2.95. The molecular weight excluding hydrogens is 316 g/mol. The predicted octanol–water partition coefficient (Wildman–Crippen LogP) is 5.17. The molecule has 0 aliphatic rings. The summed E-state index contributed by atoms with van der Waals surface area (Å²) in [6.45, 7) is 7.55. The predicted molar refractivity (Wildman–Crippen MR) is 98.8 cm³/mol. The Morgan fingerprint density at radius 2 is 1.92 bits per heavy atom. The van der Waals surface area contributed by atoms with Crippen molar-refractivity contribution in [1.29, 1.82) is 0 Å². The Balaban J connectivity index is 1.82. The van der Waals surface area contributed by atoms with Crippen LogP contribution in [0.1, 0.15) is 26.3 Å². The van der Waals surface area contributed by atoms with Crippen molar-refractivity contribution in [3.63, 3.8) is 0 Å². The van der Waals surface area contributed by atoms with Crippen LogP contribution in [0.4, 0.5) is 10.6 Å². The summed E-state index contributed by atoms with van der Waals surface area (Å²) in [5.74, 6) is 1.27. The molecule has 0 aliphatic carbocycles. The average molecular weight is 338 g/mol. The maximum atomic E-state index is 12.1. The van der Waals surface area contributed by atoms with Gasteiger partial charge >= 0.3 is 6.09 Å². The van der Waals surface area contributed by atoms with Crippen LogP contribution in [0.15, 0.2) is 47.0 Å². The first-order valence-corrected chi connectivity index (χ1v) is 8.16. The summed E-state index contributed by atoms with van der Waals surface area (Å²) in [4.78, 5) is 17.9. The number of aryl methyl sites for hydroxylation is 1. The van der Waals surface area contributed by atoms with Gasteiger partial charge in [0, 0.05) is 24.2 Å². The van der Waals surface area contributed by atoms with Gasteiger partial charge in [-0.1, -0.05) is 11.6 Å². The van der Waals surface area contributed by atoms with Gasteiger partial charge in [-0.2, -0.15) is 0 Å². The molecule has 0 spiro atoms. The molecule has 0 N–H and O–H groups in total. The van der Waals surface area contributed by atoms with Gasteiger partial charge in [0.15, 0.2) is 0 Å². The van der Waals surface area contributed by atoms with Gasteiger partial charge in [-0.15, -0.1) is 0 Å². The lowest BCUT2D eigenvalue weighted by atomic mass is 10.1. The molecule has 2 aromatic heterocycles. The number of anilines is 1. The molecule has 5 heteroatoms. The summed E-state index contributed by atoms with van der Waals surface area (Å²) in [6, 6.07) is 11.7. The van der Waals surface area contributed by atoms with Crippen LogP contribution in [-0.2, 0) is 4.74 Å². The highest BCUT2D eigenvalue weighted by molar-refractivity contribution is 5.87. The Kier molecular flexibility index (Phi) is 4.25. The van der Waals surface area contributed by atoms with Gasteiger partial charge in [0.2, 0.25) is 0 Å². The number of carbonyl (C=O) groups is 1. The first-order valence-electron chi connectivity index (χ1n) is 8.16. The zero-order valence-corrected chi connectivity index (χ0v) is 15.2. The van der Waals surface area contributed by atoms with Crippen LogP contribution >= 0.6 is 0 Å². The van der Waals surface area contributed by atoms with E-state index in [4.69, 9.17) is 9.15 Å². The van der Waals surface area contributed by atoms with Crippen molar-refractivity contribution in [3.8, 4) is 11.3 Å². The monoisotopic (exact) mass is 338 g/mol. The second-order valence-electron chi connectivity index (χ2n) is 7.10. The number of furan rings is 1. The van der Waals surface area contributed by atoms with Crippen LogP contribution in [0.2, 0.25) is 0 Å². The van der Waals surface area contributed by atoms with E-state index < -0.39 is 11.7 Å². The number of carbonyl (C=O) groups excluding carboxylic acids is 1. The highest BCUT2D eigenvalue weighted by atomic mass is 16.6. The SMILES string of the molecule is Cc1ccc2oc(-c3ccc(N(C)C(=O)OC(C)(C)C)nc3)cc2c1. The highest BCUT2D eigenvalue weighted by Gasteiger charge is 2.21. The lowest BCUT2D eigenvalue weighted by molar-refractivity contribution is 0.0588. The van der Waals surface area contributed by atoms with Crippen LogP contribution in [0.25, 0.3) is 22.3 Å². The third-order valence-electron chi connectivity index (χ3n) is 3.72. The van der Waals surface area contributed by atoms with Crippen LogP contribution in [0.3, 0.4) is 0 Å². The molecule has 0 saturated heterocycles. The number of ether oxygens (including phenoxy) is 1. The molecule has 2 heterocycles. The van der Waals surface area contributed by atoms with E-state index in [1.807, 2.05) is 45.0 Å². The van der Waals surface area contributed by atoms with Crippen molar-refractivity contribution in [2.45, 2.75) is 33.3 Å². The lowest BCUT2D eigenvalue weighted by Gasteiger charge is -2.24. The Bertz CT molecular complexity index is 905. The molecule has 0 aliphatic heterocycles. The maximum absolute atomic E-state index is 12.1. The normalized spacial score (nSPS) is 11.6. The smallest absolute Gasteiger partial charge is 0.415 e. The number of rotatable bonds is 2. The Hall–Kier alpha value is -2.82. The number of nitrogens with zero attached hydrogens (tertiary/aromatic N) is 2. The maximum Gasteiger partial charge on any atom is 0.415 e. The molecule has 3 aromatic rings. The minimum absolute atomic E-state index is 0.438. The number of hydrogen-bond donors (Lipinski definition) is 0. The van der Waals surface area contributed by atoms with Gasteiger partial charge in [0.1, 0.15) is 22.8 Å².